The number of amides is 2. The summed E-state index contributed by atoms with van der Waals surface area (Å²) in [5.41, 5.74) is 0.773. The molecule has 0 spiro atoms. The zero-order valence-corrected chi connectivity index (χ0v) is 14.7. The summed E-state index contributed by atoms with van der Waals surface area (Å²) in [6.45, 7) is 0. The number of hydrogen-bond donors (Lipinski definition) is 2. The molecule has 1 aromatic heterocycles. The highest BCUT2D eigenvalue weighted by molar-refractivity contribution is 5.90. The quantitative estimate of drug-likeness (QED) is 0.834. The topological polar surface area (TPSA) is 71.1 Å². The second-order valence-corrected chi connectivity index (χ2v) is 8.39. The van der Waals surface area contributed by atoms with Gasteiger partial charge >= 0.3 is 0 Å². The van der Waals surface area contributed by atoms with Crippen molar-refractivity contribution in [3.63, 3.8) is 0 Å². The Hall–Kier alpha value is -1.91. The number of aromatic nitrogens is 1. The van der Waals surface area contributed by atoms with Crippen molar-refractivity contribution in [3.05, 3.63) is 24.5 Å². The van der Waals surface area contributed by atoms with Crippen LogP contribution in [0.25, 0.3) is 0 Å². The van der Waals surface area contributed by atoms with Crippen molar-refractivity contribution in [2.75, 3.05) is 5.32 Å². The molecule has 4 bridgehead atoms. The second kappa shape index (κ2) is 6.77. The van der Waals surface area contributed by atoms with Crippen molar-refractivity contribution in [1.82, 2.24) is 10.3 Å². The molecule has 0 aliphatic heterocycles. The number of carbonyl (C=O) groups excluding carboxylic acids is 2. The Labute approximate surface area is 149 Å². The van der Waals surface area contributed by atoms with Crippen LogP contribution in [0.5, 0.6) is 0 Å². The van der Waals surface area contributed by atoms with Gasteiger partial charge in [-0.25, -0.2) is 0 Å². The molecular formula is C20H27N3O2. The molecule has 2 N–H and O–H groups in total. The summed E-state index contributed by atoms with van der Waals surface area (Å²) >= 11 is 0. The second-order valence-electron chi connectivity index (χ2n) is 8.39. The van der Waals surface area contributed by atoms with Crippen molar-refractivity contribution in [2.24, 2.45) is 17.8 Å². The van der Waals surface area contributed by atoms with Crippen molar-refractivity contribution in [1.29, 1.82) is 0 Å². The van der Waals surface area contributed by atoms with E-state index in [9.17, 15) is 9.59 Å². The van der Waals surface area contributed by atoms with Gasteiger partial charge in [-0.1, -0.05) is 0 Å². The van der Waals surface area contributed by atoms with Crippen molar-refractivity contribution in [2.45, 2.75) is 63.3 Å². The van der Waals surface area contributed by atoms with Gasteiger partial charge in [0.1, 0.15) is 0 Å². The summed E-state index contributed by atoms with van der Waals surface area (Å²) in [7, 11) is 0. The lowest BCUT2D eigenvalue weighted by Gasteiger charge is -2.56. The summed E-state index contributed by atoms with van der Waals surface area (Å²) in [5.74, 6) is 2.55. The van der Waals surface area contributed by atoms with E-state index < -0.39 is 0 Å². The molecule has 2 amide bonds. The normalized spacial score (nSPS) is 32.4. The average molecular weight is 341 g/mol. The minimum absolute atomic E-state index is 0.0596. The molecule has 1 aromatic rings. The van der Waals surface area contributed by atoms with Crippen molar-refractivity contribution in [3.8, 4) is 0 Å². The van der Waals surface area contributed by atoms with Crippen LogP contribution in [-0.2, 0) is 9.59 Å². The molecular weight excluding hydrogens is 314 g/mol. The lowest BCUT2D eigenvalue weighted by molar-refractivity contribution is -0.127. The summed E-state index contributed by atoms with van der Waals surface area (Å²) in [6.07, 6.45) is 12.3. The Bertz CT molecular complexity index is 608. The molecule has 0 unspecified atom stereocenters. The molecule has 0 aromatic carbocycles. The third-order valence-corrected chi connectivity index (χ3v) is 6.20. The van der Waals surface area contributed by atoms with E-state index in [0.29, 0.717) is 24.9 Å². The van der Waals surface area contributed by atoms with Crippen LogP contribution in [-0.4, -0.2) is 22.3 Å². The fourth-order valence-corrected chi connectivity index (χ4v) is 5.69. The maximum Gasteiger partial charge on any atom is 0.224 e. The minimum atomic E-state index is -0.0596. The Morgan fingerprint density at radius 3 is 2.28 bits per heavy atom. The van der Waals surface area contributed by atoms with E-state index in [4.69, 9.17) is 0 Å². The molecule has 4 fully saturated rings. The van der Waals surface area contributed by atoms with Crippen molar-refractivity contribution < 1.29 is 9.59 Å². The standard InChI is InChI=1S/C20H27N3O2/c24-18(22-17-3-2-6-21-13-17)4-1-5-19(25)23-20-10-14-7-15(11-20)9-16(8-14)12-20/h2-3,6,13-16H,1,4-5,7-12H2,(H,22,24)(H,23,25). The number of hydrogen-bond acceptors (Lipinski definition) is 3. The largest absolute Gasteiger partial charge is 0.351 e. The lowest BCUT2D eigenvalue weighted by atomic mass is 9.53. The van der Waals surface area contributed by atoms with Crippen LogP contribution >= 0.6 is 0 Å². The molecule has 1 heterocycles. The van der Waals surface area contributed by atoms with Crippen LogP contribution in [0.1, 0.15) is 57.8 Å². The summed E-state index contributed by atoms with van der Waals surface area (Å²) in [5, 5.41) is 6.18. The van der Waals surface area contributed by atoms with Crippen LogP contribution in [0.2, 0.25) is 0 Å². The van der Waals surface area contributed by atoms with Crippen LogP contribution in [0.15, 0.2) is 24.5 Å². The molecule has 0 radical (unpaired) electrons. The van der Waals surface area contributed by atoms with Crippen LogP contribution in [0.4, 0.5) is 5.69 Å². The molecule has 4 saturated carbocycles. The predicted octanol–water partition coefficient (Wildman–Crippen LogP) is 3.28. The summed E-state index contributed by atoms with van der Waals surface area (Å²) in [4.78, 5) is 28.3. The van der Waals surface area contributed by atoms with Gasteiger partial charge in [-0.15, -0.1) is 0 Å². The van der Waals surface area contributed by atoms with Gasteiger partial charge in [0.25, 0.3) is 0 Å². The van der Waals surface area contributed by atoms with Crippen LogP contribution in [0.3, 0.4) is 0 Å². The summed E-state index contributed by atoms with van der Waals surface area (Å²) < 4.78 is 0. The lowest BCUT2D eigenvalue weighted by Crippen LogP contribution is -2.59. The van der Waals surface area contributed by atoms with Gasteiger partial charge in [-0.05, 0) is 74.8 Å². The Kier molecular flexibility index (Phi) is 4.48. The number of nitrogens with zero attached hydrogens (tertiary/aromatic N) is 1. The van der Waals surface area contributed by atoms with Crippen LogP contribution < -0.4 is 10.6 Å². The van der Waals surface area contributed by atoms with Gasteiger partial charge in [0, 0.05) is 24.6 Å². The number of carbonyl (C=O) groups is 2. The molecule has 5 nitrogen and oxygen atoms in total. The molecule has 0 saturated heterocycles. The van der Waals surface area contributed by atoms with Crippen LogP contribution in [0, 0.1) is 17.8 Å². The average Bonchev–Trinajstić information content (AvgIpc) is 2.53. The third-order valence-electron chi connectivity index (χ3n) is 6.20. The minimum Gasteiger partial charge on any atom is -0.351 e. The molecule has 5 heteroatoms. The van der Waals surface area contributed by atoms with Gasteiger partial charge in [0.15, 0.2) is 0 Å². The van der Waals surface area contributed by atoms with E-state index in [2.05, 4.69) is 15.6 Å². The first-order valence-corrected chi connectivity index (χ1v) is 9.61. The third kappa shape index (κ3) is 3.86. The maximum absolute atomic E-state index is 12.4. The van der Waals surface area contributed by atoms with Gasteiger partial charge in [0.2, 0.25) is 11.8 Å². The molecule has 134 valence electrons. The number of pyridine rings is 1. The molecule has 5 rings (SSSR count). The summed E-state index contributed by atoms with van der Waals surface area (Å²) in [6, 6.07) is 3.60. The smallest absolute Gasteiger partial charge is 0.224 e. The molecule has 25 heavy (non-hydrogen) atoms. The number of anilines is 1. The first-order chi connectivity index (χ1) is 12.1. The van der Waals surface area contributed by atoms with E-state index in [-0.39, 0.29) is 17.4 Å². The van der Waals surface area contributed by atoms with E-state index >= 15 is 0 Å². The number of rotatable bonds is 6. The monoisotopic (exact) mass is 341 g/mol. The fraction of sp³-hybridized carbons (Fsp3) is 0.650. The Balaban J connectivity index is 1.21. The Morgan fingerprint density at radius 2 is 1.68 bits per heavy atom. The highest BCUT2D eigenvalue weighted by Gasteiger charge is 2.51. The number of nitrogens with one attached hydrogen (secondary N) is 2. The predicted molar refractivity (Wildman–Crippen MR) is 95.8 cm³/mol. The Morgan fingerprint density at radius 1 is 1.04 bits per heavy atom. The SMILES string of the molecule is O=C(CCCC(=O)NC12CC3CC(CC(C3)C1)C2)Nc1cccnc1. The first kappa shape index (κ1) is 16.6. The van der Waals surface area contributed by atoms with E-state index in [1.807, 2.05) is 6.07 Å². The van der Waals surface area contributed by atoms with E-state index in [1.54, 1.807) is 18.5 Å². The van der Waals surface area contributed by atoms with E-state index in [0.717, 1.165) is 17.8 Å². The van der Waals surface area contributed by atoms with Gasteiger partial charge < -0.3 is 10.6 Å². The highest BCUT2D eigenvalue weighted by atomic mass is 16.2. The highest BCUT2D eigenvalue weighted by Crippen LogP contribution is 2.55. The van der Waals surface area contributed by atoms with Crippen molar-refractivity contribution >= 4 is 17.5 Å². The molecule has 4 aliphatic carbocycles. The van der Waals surface area contributed by atoms with E-state index in [1.165, 1.54) is 38.5 Å². The van der Waals surface area contributed by atoms with Gasteiger partial charge in [0.05, 0.1) is 11.9 Å². The fourth-order valence-electron chi connectivity index (χ4n) is 5.69. The first-order valence-electron chi connectivity index (χ1n) is 9.61. The maximum atomic E-state index is 12.4. The molecule has 4 aliphatic rings. The van der Waals surface area contributed by atoms with Gasteiger partial charge in [-0.2, -0.15) is 0 Å². The molecule has 0 atom stereocenters. The zero-order chi connectivity index (χ0) is 17.3. The zero-order valence-electron chi connectivity index (χ0n) is 14.7. The van der Waals surface area contributed by atoms with Gasteiger partial charge in [-0.3, -0.25) is 14.6 Å².